The lowest BCUT2D eigenvalue weighted by Crippen LogP contribution is -2.41. The molecular formula is C20H37IN6O. The van der Waals surface area contributed by atoms with Crippen molar-refractivity contribution in [1.82, 2.24) is 24.9 Å². The summed E-state index contributed by atoms with van der Waals surface area (Å²) in [6.07, 6.45) is 7.81. The molecule has 2 fully saturated rings. The van der Waals surface area contributed by atoms with E-state index in [-0.39, 0.29) is 24.0 Å². The zero-order valence-corrected chi connectivity index (χ0v) is 20.0. The first-order chi connectivity index (χ1) is 13.2. The number of aryl methyl sites for hydroxylation is 1. The van der Waals surface area contributed by atoms with E-state index in [1.54, 1.807) is 7.11 Å². The van der Waals surface area contributed by atoms with Gasteiger partial charge in [0.25, 0.3) is 0 Å². The Labute approximate surface area is 186 Å². The number of likely N-dealkylation sites (tertiary alicyclic amines) is 2. The Kier molecular flexibility index (Phi) is 10.0. The summed E-state index contributed by atoms with van der Waals surface area (Å²) in [5.74, 6) is 2.35. The summed E-state index contributed by atoms with van der Waals surface area (Å²) in [5.41, 5.74) is 1.35. The summed E-state index contributed by atoms with van der Waals surface area (Å²) in [6, 6.07) is 0. The molecule has 3 heterocycles. The normalized spacial score (nSPS) is 21.8. The molecule has 0 saturated carbocycles. The van der Waals surface area contributed by atoms with Crippen molar-refractivity contribution in [3.63, 3.8) is 0 Å². The maximum Gasteiger partial charge on any atom is 0.193 e. The van der Waals surface area contributed by atoms with Gasteiger partial charge in [0.2, 0.25) is 0 Å². The number of methoxy groups -OCH3 is 1. The predicted octanol–water partition coefficient (Wildman–Crippen LogP) is 2.15. The lowest BCUT2D eigenvalue weighted by molar-refractivity contribution is 0.121. The Morgan fingerprint density at radius 1 is 1.29 bits per heavy atom. The summed E-state index contributed by atoms with van der Waals surface area (Å²) < 4.78 is 7.09. The van der Waals surface area contributed by atoms with E-state index in [2.05, 4.69) is 33.3 Å². The van der Waals surface area contributed by atoms with Crippen LogP contribution in [-0.4, -0.2) is 85.1 Å². The van der Waals surface area contributed by atoms with Crippen molar-refractivity contribution in [2.24, 2.45) is 18.0 Å². The van der Waals surface area contributed by atoms with Crippen LogP contribution in [-0.2, 0) is 11.8 Å². The first kappa shape index (κ1) is 23.4. The third kappa shape index (κ3) is 6.59. The van der Waals surface area contributed by atoms with E-state index < -0.39 is 0 Å². The van der Waals surface area contributed by atoms with E-state index in [0.717, 1.165) is 45.3 Å². The van der Waals surface area contributed by atoms with Crippen molar-refractivity contribution in [3.05, 3.63) is 18.0 Å². The fraction of sp³-hybridized carbons (Fsp3) is 0.800. The molecule has 1 aromatic heterocycles. The number of aliphatic imine (C=N–C) groups is 1. The van der Waals surface area contributed by atoms with Gasteiger partial charge in [-0.05, 0) is 50.8 Å². The second-order valence-electron chi connectivity index (χ2n) is 7.85. The molecule has 0 spiro atoms. The summed E-state index contributed by atoms with van der Waals surface area (Å²) in [6.45, 7) is 10.3. The Morgan fingerprint density at radius 2 is 2.07 bits per heavy atom. The maximum absolute atomic E-state index is 5.19. The summed E-state index contributed by atoms with van der Waals surface area (Å²) in [4.78, 5) is 9.94. The van der Waals surface area contributed by atoms with Crippen LogP contribution in [0.2, 0.25) is 0 Å². The Bertz CT molecular complexity index is 599. The van der Waals surface area contributed by atoms with Gasteiger partial charge in [0.1, 0.15) is 0 Å². The molecule has 160 valence electrons. The lowest BCUT2D eigenvalue weighted by atomic mass is 9.97. The lowest BCUT2D eigenvalue weighted by Gasteiger charge is -2.31. The second-order valence-corrected chi connectivity index (χ2v) is 7.85. The van der Waals surface area contributed by atoms with E-state index in [0.29, 0.717) is 11.8 Å². The molecule has 1 N–H and O–H groups in total. The van der Waals surface area contributed by atoms with E-state index in [1.165, 1.54) is 37.9 Å². The zero-order valence-electron chi connectivity index (χ0n) is 17.6. The number of hydrogen-bond donors (Lipinski definition) is 1. The average Bonchev–Trinajstić information content (AvgIpc) is 3.33. The number of nitrogens with zero attached hydrogens (tertiary/aromatic N) is 5. The first-order valence-electron chi connectivity index (χ1n) is 10.4. The summed E-state index contributed by atoms with van der Waals surface area (Å²) >= 11 is 0. The van der Waals surface area contributed by atoms with Crippen LogP contribution >= 0.6 is 24.0 Å². The van der Waals surface area contributed by atoms with Gasteiger partial charge in [-0.2, -0.15) is 5.10 Å². The number of hydrogen-bond acceptors (Lipinski definition) is 4. The van der Waals surface area contributed by atoms with Crippen molar-refractivity contribution < 1.29 is 4.74 Å². The summed E-state index contributed by atoms with van der Waals surface area (Å²) in [5, 5.41) is 7.84. The molecule has 1 atom stereocenters. The van der Waals surface area contributed by atoms with Crippen LogP contribution < -0.4 is 5.32 Å². The Morgan fingerprint density at radius 3 is 2.71 bits per heavy atom. The van der Waals surface area contributed by atoms with Gasteiger partial charge in [0.15, 0.2) is 5.96 Å². The molecule has 0 aliphatic carbocycles. The van der Waals surface area contributed by atoms with Gasteiger partial charge in [0.05, 0.1) is 12.8 Å². The Balaban J connectivity index is 0.00000280. The van der Waals surface area contributed by atoms with Gasteiger partial charge in [-0.15, -0.1) is 24.0 Å². The minimum Gasteiger partial charge on any atom is -0.383 e. The smallest absolute Gasteiger partial charge is 0.193 e. The topological polar surface area (TPSA) is 57.9 Å². The van der Waals surface area contributed by atoms with Gasteiger partial charge >= 0.3 is 0 Å². The van der Waals surface area contributed by atoms with Crippen LogP contribution in [0.4, 0.5) is 0 Å². The predicted molar refractivity (Wildman–Crippen MR) is 125 cm³/mol. The van der Waals surface area contributed by atoms with E-state index >= 15 is 0 Å². The van der Waals surface area contributed by atoms with Crippen LogP contribution in [0.3, 0.4) is 0 Å². The molecule has 2 aliphatic heterocycles. The highest BCUT2D eigenvalue weighted by Gasteiger charge is 2.27. The van der Waals surface area contributed by atoms with Crippen LogP contribution in [0.15, 0.2) is 17.4 Å². The third-order valence-corrected chi connectivity index (χ3v) is 5.84. The second kappa shape index (κ2) is 12.0. The zero-order chi connectivity index (χ0) is 19.1. The van der Waals surface area contributed by atoms with E-state index in [9.17, 15) is 0 Å². The standard InChI is InChI=1S/C20H36N6O.HI/c1-4-21-20(22-13-17-5-8-25(9-6-17)11-12-27-3)26-10-7-18(16-26)19-14-23-24(2)15-19;/h14-15,17-18H,4-13,16H2,1-3H3,(H,21,22);1H. The molecule has 0 aromatic carbocycles. The molecule has 7 nitrogen and oxygen atoms in total. The number of ether oxygens (including phenoxy) is 1. The van der Waals surface area contributed by atoms with Gasteiger partial charge in [-0.3, -0.25) is 9.67 Å². The number of guanidine groups is 1. The highest BCUT2D eigenvalue weighted by atomic mass is 127. The van der Waals surface area contributed by atoms with Gasteiger partial charge < -0.3 is 19.9 Å². The first-order valence-corrected chi connectivity index (χ1v) is 10.4. The van der Waals surface area contributed by atoms with Crippen LogP contribution in [0.5, 0.6) is 0 Å². The number of rotatable bonds is 7. The number of halogens is 1. The monoisotopic (exact) mass is 504 g/mol. The highest BCUT2D eigenvalue weighted by Crippen LogP contribution is 2.27. The minimum absolute atomic E-state index is 0. The minimum atomic E-state index is 0. The molecule has 3 rings (SSSR count). The van der Waals surface area contributed by atoms with E-state index in [4.69, 9.17) is 9.73 Å². The number of aromatic nitrogens is 2. The molecule has 0 radical (unpaired) electrons. The molecule has 1 unspecified atom stereocenters. The maximum atomic E-state index is 5.19. The van der Waals surface area contributed by atoms with Gasteiger partial charge in [-0.1, -0.05) is 0 Å². The summed E-state index contributed by atoms with van der Waals surface area (Å²) in [7, 11) is 3.77. The van der Waals surface area contributed by atoms with Crippen molar-refractivity contribution >= 4 is 29.9 Å². The fourth-order valence-electron chi connectivity index (χ4n) is 4.13. The quantitative estimate of drug-likeness (QED) is 0.351. The Hall–Kier alpha value is -0.870. The molecule has 28 heavy (non-hydrogen) atoms. The van der Waals surface area contributed by atoms with Gasteiger partial charge in [-0.25, -0.2) is 0 Å². The van der Waals surface area contributed by atoms with Crippen molar-refractivity contribution in [2.45, 2.75) is 32.1 Å². The number of piperidine rings is 1. The van der Waals surface area contributed by atoms with Crippen LogP contribution in [0, 0.1) is 5.92 Å². The SMILES string of the molecule is CCNC(=NCC1CCN(CCOC)CC1)N1CCC(c2cnn(C)c2)C1.I. The van der Waals surface area contributed by atoms with Crippen molar-refractivity contribution in [3.8, 4) is 0 Å². The molecule has 2 saturated heterocycles. The molecule has 8 heteroatoms. The highest BCUT2D eigenvalue weighted by molar-refractivity contribution is 14.0. The van der Waals surface area contributed by atoms with Crippen molar-refractivity contribution in [2.75, 3.05) is 59.5 Å². The largest absolute Gasteiger partial charge is 0.383 e. The number of nitrogens with one attached hydrogen (secondary N) is 1. The molecular weight excluding hydrogens is 467 g/mol. The third-order valence-electron chi connectivity index (χ3n) is 5.84. The molecule has 0 bridgehead atoms. The van der Waals surface area contributed by atoms with E-state index in [1.807, 2.05) is 17.9 Å². The van der Waals surface area contributed by atoms with Crippen molar-refractivity contribution in [1.29, 1.82) is 0 Å². The average molecular weight is 504 g/mol. The fourth-order valence-corrected chi connectivity index (χ4v) is 4.13. The molecule has 2 aliphatic rings. The molecule has 1 aromatic rings. The van der Waals surface area contributed by atoms with Gasteiger partial charge in [0, 0.05) is 59.0 Å². The molecule has 0 amide bonds. The van der Waals surface area contributed by atoms with Crippen LogP contribution in [0.1, 0.15) is 37.7 Å². The van der Waals surface area contributed by atoms with Crippen LogP contribution in [0.25, 0.3) is 0 Å².